The van der Waals surface area contributed by atoms with E-state index in [1.807, 2.05) is 12.4 Å². The zero-order valence-electron chi connectivity index (χ0n) is 13.2. The monoisotopic (exact) mass is 310 g/mol. The summed E-state index contributed by atoms with van der Waals surface area (Å²) in [5.74, 6) is 1.56. The third-order valence-electron chi connectivity index (χ3n) is 4.90. The molecule has 0 spiro atoms. The molecule has 2 aliphatic rings. The number of hydrogen-bond donors (Lipinski definition) is 1. The molecule has 1 saturated carbocycles. The van der Waals surface area contributed by atoms with Gasteiger partial charge in [-0.15, -0.1) is 0 Å². The van der Waals surface area contributed by atoms with Crippen molar-refractivity contribution in [3.8, 4) is 0 Å². The molecule has 0 amide bonds. The van der Waals surface area contributed by atoms with Crippen molar-refractivity contribution in [1.82, 2.24) is 15.0 Å². The van der Waals surface area contributed by atoms with Gasteiger partial charge in [-0.1, -0.05) is 0 Å². The van der Waals surface area contributed by atoms with Crippen molar-refractivity contribution in [3.05, 3.63) is 42.6 Å². The molecule has 1 aliphatic carbocycles. The first-order valence-electron chi connectivity index (χ1n) is 8.27. The molecule has 1 aliphatic heterocycles. The summed E-state index contributed by atoms with van der Waals surface area (Å²) in [6.07, 6.45) is 7.49. The third-order valence-corrected chi connectivity index (χ3v) is 4.90. The summed E-state index contributed by atoms with van der Waals surface area (Å²) in [5, 5.41) is 0. The van der Waals surface area contributed by atoms with Gasteiger partial charge in [0.1, 0.15) is 12.1 Å². The average molecular weight is 310 g/mol. The van der Waals surface area contributed by atoms with Gasteiger partial charge in [0, 0.05) is 68.0 Å². The molecule has 0 radical (unpaired) electrons. The Morgan fingerprint density at radius 3 is 2.35 bits per heavy atom. The Morgan fingerprint density at radius 1 is 0.957 bits per heavy atom. The van der Waals surface area contributed by atoms with Crippen molar-refractivity contribution in [2.45, 2.75) is 24.8 Å². The first-order chi connectivity index (χ1) is 11.3. The van der Waals surface area contributed by atoms with Crippen LogP contribution < -0.4 is 15.5 Å². The van der Waals surface area contributed by atoms with E-state index in [0.29, 0.717) is 12.0 Å². The maximum absolute atomic E-state index is 5.89. The molecular formula is C17H22N6. The van der Waals surface area contributed by atoms with E-state index >= 15 is 0 Å². The van der Waals surface area contributed by atoms with E-state index in [1.54, 1.807) is 6.33 Å². The minimum absolute atomic E-state index is 0.349. The number of hydrogen-bond acceptors (Lipinski definition) is 6. The Hall–Kier alpha value is -2.21. The van der Waals surface area contributed by atoms with Crippen molar-refractivity contribution in [2.75, 3.05) is 36.0 Å². The summed E-state index contributed by atoms with van der Waals surface area (Å²) >= 11 is 0. The molecule has 6 nitrogen and oxygen atoms in total. The third kappa shape index (κ3) is 2.99. The SMILES string of the molecule is NC1CC(c2cc(N3CCN(c4ccncc4)CC3)ncn2)C1. The van der Waals surface area contributed by atoms with E-state index in [1.165, 1.54) is 5.69 Å². The van der Waals surface area contributed by atoms with E-state index < -0.39 is 0 Å². The number of nitrogens with zero attached hydrogens (tertiary/aromatic N) is 5. The fourth-order valence-electron chi connectivity index (χ4n) is 3.41. The molecule has 23 heavy (non-hydrogen) atoms. The van der Waals surface area contributed by atoms with E-state index in [4.69, 9.17) is 5.73 Å². The topological polar surface area (TPSA) is 71.2 Å². The first-order valence-corrected chi connectivity index (χ1v) is 8.27. The lowest BCUT2D eigenvalue weighted by molar-refractivity contribution is 0.345. The summed E-state index contributed by atoms with van der Waals surface area (Å²) in [6.45, 7) is 3.95. The summed E-state index contributed by atoms with van der Waals surface area (Å²) < 4.78 is 0. The Morgan fingerprint density at radius 2 is 1.65 bits per heavy atom. The molecule has 0 unspecified atom stereocenters. The largest absolute Gasteiger partial charge is 0.368 e. The molecule has 1 saturated heterocycles. The second-order valence-electron chi connectivity index (χ2n) is 6.41. The average Bonchev–Trinajstić information content (AvgIpc) is 2.60. The fraction of sp³-hybridized carbons (Fsp3) is 0.471. The maximum Gasteiger partial charge on any atom is 0.132 e. The van der Waals surface area contributed by atoms with E-state index in [0.717, 1.165) is 50.5 Å². The summed E-state index contributed by atoms with van der Waals surface area (Å²) in [5.41, 5.74) is 8.28. The van der Waals surface area contributed by atoms with Crippen molar-refractivity contribution in [2.24, 2.45) is 5.73 Å². The van der Waals surface area contributed by atoms with Gasteiger partial charge in [0.15, 0.2) is 0 Å². The molecule has 2 aromatic heterocycles. The highest BCUT2D eigenvalue weighted by Crippen LogP contribution is 2.35. The highest BCUT2D eigenvalue weighted by atomic mass is 15.3. The molecule has 2 aromatic rings. The van der Waals surface area contributed by atoms with Crippen LogP contribution in [0.1, 0.15) is 24.5 Å². The van der Waals surface area contributed by atoms with Gasteiger partial charge in [-0.25, -0.2) is 9.97 Å². The van der Waals surface area contributed by atoms with Crippen molar-refractivity contribution >= 4 is 11.5 Å². The Labute approximate surface area is 136 Å². The van der Waals surface area contributed by atoms with Gasteiger partial charge in [-0.2, -0.15) is 0 Å². The predicted octanol–water partition coefficient (Wildman–Crippen LogP) is 1.40. The number of rotatable bonds is 3. The molecule has 6 heteroatoms. The predicted molar refractivity (Wildman–Crippen MR) is 90.6 cm³/mol. The highest BCUT2D eigenvalue weighted by molar-refractivity contribution is 5.48. The molecule has 0 aromatic carbocycles. The zero-order valence-corrected chi connectivity index (χ0v) is 13.2. The van der Waals surface area contributed by atoms with Gasteiger partial charge < -0.3 is 15.5 Å². The van der Waals surface area contributed by atoms with Gasteiger partial charge in [0.2, 0.25) is 0 Å². The second-order valence-corrected chi connectivity index (χ2v) is 6.41. The molecule has 3 heterocycles. The van der Waals surface area contributed by atoms with Gasteiger partial charge in [0.25, 0.3) is 0 Å². The standard InChI is InChI=1S/C17H22N6/c18-14-9-13(10-14)16-11-17(21-12-20-16)23-7-5-22(6-8-23)15-1-3-19-4-2-15/h1-4,11-14H,5-10,18H2. The normalized spacial score (nSPS) is 24.4. The van der Waals surface area contributed by atoms with Crippen LogP contribution in [0.5, 0.6) is 0 Å². The molecule has 4 rings (SSSR count). The number of pyridine rings is 1. The van der Waals surface area contributed by atoms with Crippen LogP contribution in [0.3, 0.4) is 0 Å². The maximum atomic E-state index is 5.89. The molecule has 120 valence electrons. The lowest BCUT2D eigenvalue weighted by Gasteiger charge is -2.37. The number of piperazine rings is 1. The first kappa shape index (κ1) is 14.4. The minimum Gasteiger partial charge on any atom is -0.368 e. The number of aromatic nitrogens is 3. The molecule has 0 atom stereocenters. The lowest BCUT2D eigenvalue weighted by atomic mass is 9.78. The van der Waals surface area contributed by atoms with Crippen LogP contribution >= 0.6 is 0 Å². The molecule has 2 N–H and O–H groups in total. The van der Waals surface area contributed by atoms with Crippen LogP contribution in [-0.4, -0.2) is 47.2 Å². The molecule has 2 fully saturated rings. The van der Waals surface area contributed by atoms with Gasteiger partial charge in [0.05, 0.1) is 0 Å². The van der Waals surface area contributed by atoms with Crippen molar-refractivity contribution in [1.29, 1.82) is 0 Å². The highest BCUT2D eigenvalue weighted by Gasteiger charge is 2.29. The lowest BCUT2D eigenvalue weighted by Crippen LogP contribution is -2.47. The van der Waals surface area contributed by atoms with Crippen LogP contribution in [0.25, 0.3) is 0 Å². The van der Waals surface area contributed by atoms with Crippen LogP contribution in [0, 0.1) is 0 Å². The smallest absolute Gasteiger partial charge is 0.132 e. The van der Waals surface area contributed by atoms with Crippen LogP contribution in [0.15, 0.2) is 36.9 Å². The number of nitrogens with two attached hydrogens (primary N) is 1. The number of anilines is 2. The quantitative estimate of drug-likeness (QED) is 0.924. The Balaban J connectivity index is 1.41. The summed E-state index contributed by atoms with van der Waals surface area (Å²) in [4.78, 5) is 17.7. The molecule has 0 bridgehead atoms. The summed E-state index contributed by atoms with van der Waals surface area (Å²) in [7, 11) is 0. The van der Waals surface area contributed by atoms with E-state index in [9.17, 15) is 0 Å². The van der Waals surface area contributed by atoms with Gasteiger partial charge >= 0.3 is 0 Å². The van der Waals surface area contributed by atoms with Gasteiger partial charge in [-0.3, -0.25) is 4.98 Å². The Bertz CT molecular complexity index is 647. The minimum atomic E-state index is 0.349. The van der Waals surface area contributed by atoms with Crippen LogP contribution in [-0.2, 0) is 0 Å². The second kappa shape index (κ2) is 6.12. The van der Waals surface area contributed by atoms with Crippen molar-refractivity contribution in [3.63, 3.8) is 0 Å². The van der Waals surface area contributed by atoms with E-state index in [-0.39, 0.29) is 0 Å². The van der Waals surface area contributed by atoms with Crippen molar-refractivity contribution < 1.29 is 0 Å². The summed E-state index contributed by atoms with van der Waals surface area (Å²) in [6, 6.07) is 6.64. The van der Waals surface area contributed by atoms with Gasteiger partial charge in [-0.05, 0) is 25.0 Å². The Kier molecular flexibility index (Phi) is 3.83. The van der Waals surface area contributed by atoms with Crippen LogP contribution in [0.4, 0.5) is 11.5 Å². The molecular weight excluding hydrogens is 288 g/mol. The van der Waals surface area contributed by atoms with E-state index in [2.05, 4.69) is 43.0 Å². The van der Waals surface area contributed by atoms with Crippen LogP contribution in [0.2, 0.25) is 0 Å². The zero-order chi connectivity index (χ0) is 15.6. The fourth-order valence-corrected chi connectivity index (χ4v) is 3.41.